The second kappa shape index (κ2) is 8.15. The van der Waals surface area contributed by atoms with Crippen molar-refractivity contribution in [2.45, 2.75) is 51.7 Å². The minimum atomic E-state index is -4.43. The maximum Gasteiger partial charge on any atom is 0.416 e. The number of piperidine rings is 1. The van der Waals surface area contributed by atoms with Gasteiger partial charge in [-0.05, 0) is 61.1 Å². The fourth-order valence-corrected chi connectivity index (χ4v) is 5.53. The highest BCUT2D eigenvalue weighted by Gasteiger charge is 2.51. The van der Waals surface area contributed by atoms with Gasteiger partial charge in [0.25, 0.3) is 0 Å². The van der Waals surface area contributed by atoms with Gasteiger partial charge in [0.05, 0.1) is 5.56 Å². The van der Waals surface area contributed by atoms with Gasteiger partial charge in [-0.1, -0.05) is 31.6 Å². The number of rotatable bonds is 4. The van der Waals surface area contributed by atoms with Crippen molar-refractivity contribution in [1.29, 1.82) is 0 Å². The predicted octanol–water partition coefficient (Wildman–Crippen LogP) is 5.63. The van der Waals surface area contributed by atoms with Crippen molar-refractivity contribution >= 4 is 11.7 Å². The maximum atomic E-state index is 12.9. The molecule has 1 N–H and O–H groups in total. The first-order chi connectivity index (χ1) is 14.6. The number of alkyl halides is 3. The smallest absolute Gasteiger partial charge is 0.325 e. The van der Waals surface area contributed by atoms with Crippen LogP contribution in [0.2, 0.25) is 0 Å². The highest BCUT2D eigenvalue weighted by atomic mass is 19.4. The Hall–Kier alpha value is -2.02. The zero-order valence-corrected chi connectivity index (χ0v) is 18.5. The summed E-state index contributed by atoms with van der Waals surface area (Å²) in [6.45, 7) is 7.67. The molecule has 1 saturated carbocycles. The van der Waals surface area contributed by atoms with Crippen LogP contribution >= 0.6 is 0 Å². The lowest BCUT2D eigenvalue weighted by atomic mass is 9.49. The summed E-state index contributed by atoms with van der Waals surface area (Å²) in [5.74, 6) is 1.56. The number of fused-ring (bicyclic) bond motifs is 1. The minimum Gasteiger partial charge on any atom is -0.325 e. The highest BCUT2D eigenvalue weighted by molar-refractivity contribution is 5.89. The normalized spacial score (nSPS) is 26.1. The molecule has 1 saturated heterocycles. The van der Waals surface area contributed by atoms with Gasteiger partial charge in [-0.25, -0.2) is 4.79 Å². The van der Waals surface area contributed by atoms with Crippen molar-refractivity contribution in [3.05, 3.63) is 41.5 Å². The molecule has 2 atom stereocenters. The van der Waals surface area contributed by atoms with Crippen LogP contribution < -0.4 is 5.32 Å². The molecule has 1 aromatic carbocycles. The Morgan fingerprint density at radius 3 is 2.58 bits per heavy atom. The van der Waals surface area contributed by atoms with Gasteiger partial charge in [0.1, 0.15) is 0 Å². The van der Waals surface area contributed by atoms with Crippen LogP contribution in [0.1, 0.15) is 45.1 Å². The zero-order valence-electron chi connectivity index (χ0n) is 18.5. The van der Waals surface area contributed by atoms with Gasteiger partial charge in [0.2, 0.25) is 0 Å². The zero-order chi connectivity index (χ0) is 22.4. The molecular weight excluding hydrogens is 403 g/mol. The van der Waals surface area contributed by atoms with Crippen LogP contribution in [-0.2, 0) is 6.18 Å². The fourth-order valence-electron chi connectivity index (χ4n) is 5.53. The lowest BCUT2D eigenvalue weighted by Crippen LogP contribution is -2.51. The third kappa shape index (κ3) is 4.47. The Bertz CT molecular complexity index is 856. The van der Waals surface area contributed by atoms with Gasteiger partial charge >= 0.3 is 12.2 Å². The van der Waals surface area contributed by atoms with E-state index in [1.807, 2.05) is 0 Å². The summed E-state index contributed by atoms with van der Waals surface area (Å²) < 4.78 is 38.7. The number of nitrogens with one attached hydrogen (secondary N) is 1. The van der Waals surface area contributed by atoms with E-state index in [-0.39, 0.29) is 17.8 Å². The Labute approximate surface area is 182 Å². The summed E-state index contributed by atoms with van der Waals surface area (Å²) >= 11 is 0. The van der Waals surface area contributed by atoms with Crippen LogP contribution in [0.5, 0.6) is 0 Å². The molecule has 1 aromatic rings. The van der Waals surface area contributed by atoms with Crippen molar-refractivity contribution in [2.75, 3.05) is 32.0 Å². The molecule has 0 spiro atoms. The molecule has 1 heterocycles. The summed E-state index contributed by atoms with van der Waals surface area (Å²) in [6, 6.07) is 4.48. The quantitative estimate of drug-likeness (QED) is 0.623. The van der Waals surface area contributed by atoms with E-state index in [4.69, 9.17) is 0 Å². The number of benzene rings is 1. The summed E-state index contributed by atoms with van der Waals surface area (Å²) in [4.78, 5) is 16.7. The lowest BCUT2D eigenvalue weighted by Gasteiger charge is -2.57. The second-order valence-corrected chi connectivity index (χ2v) is 9.95. The lowest BCUT2D eigenvalue weighted by molar-refractivity contribution is -0.137. The number of halogens is 3. The van der Waals surface area contributed by atoms with Crippen LogP contribution in [-0.4, -0.2) is 48.6 Å². The van der Waals surface area contributed by atoms with Gasteiger partial charge in [0, 0.05) is 38.4 Å². The van der Waals surface area contributed by atoms with E-state index in [9.17, 15) is 18.0 Å². The van der Waals surface area contributed by atoms with E-state index in [1.54, 1.807) is 17.5 Å². The number of likely N-dealkylation sites (tertiary alicyclic amines) is 1. The first-order valence-corrected chi connectivity index (χ1v) is 11.2. The number of hydrogen-bond donors (Lipinski definition) is 1. The van der Waals surface area contributed by atoms with E-state index >= 15 is 0 Å². The van der Waals surface area contributed by atoms with E-state index in [0.717, 1.165) is 50.5 Å². The van der Waals surface area contributed by atoms with Gasteiger partial charge in [0.15, 0.2) is 0 Å². The van der Waals surface area contributed by atoms with Crippen molar-refractivity contribution in [3.8, 4) is 0 Å². The molecule has 4 aliphatic rings. The molecule has 3 aliphatic carbocycles. The molecule has 170 valence electrons. The Morgan fingerprint density at radius 2 is 1.97 bits per heavy atom. The first-order valence-electron chi connectivity index (χ1n) is 11.2. The largest absolute Gasteiger partial charge is 0.416 e. The van der Waals surface area contributed by atoms with Crippen LogP contribution in [0, 0.1) is 17.3 Å². The number of carbonyl (C=O) groups excluding carboxylic acids is 1. The van der Waals surface area contributed by atoms with Crippen molar-refractivity contribution in [1.82, 2.24) is 9.80 Å². The van der Waals surface area contributed by atoms with E-state index in [1.165, 1.54) is 25.0 Å². The molecule has 0 radical (unpaired) electrons. The van der Waals surface area contributed by atoms with Crippen LogP contribution in [0.4, 0.5) is 23.7 Å². The third-order valence-corrected chi connectivity index (χ3v) is 7.86. The molecule has 7 heteroatoms. The monoisotopic (exact) mass is 435 g/mol. The summed E-state index contributed by atoms with van der Waals surface area (Å²) in [7, 11) is 1.73. The minimum absolute atomic E-state index is 0.0897. The highest BCUT2D eigenvalue weighted by Crippen LogP contribution is 2.59. The van der Waals surface area contributed by atoms with Crippen LogP contribution in [0.25, 0.3) is 0 Å². The molecular formula is C24H32F3N3O. The first kappa shape index (κ1) is 22.2. The molecule has 2 fully saturated rings. The molecule has 1 aliphatic heterocycles. The molecule has 0 unspecified atom stereocenters. The number of nitrogens with zero attached hydrogens (tertiary/aromatic N) is 2. The topological polar surface area (TPSA) is 35.6 Å². The number of amides is 2. The number of carbonyl (C=O) groups is 1. The van der Waals surface area contributed by atoms with Gasteiger partial charge < -0.3 is 10.2 Å². The second-order valence-electron chi connectivity index (χ2n) is 9.95. The third-order valence-electron chi connectivity index (χ3n) is 7.86. The molecule has 2 bridgehead atoms. The predicted molar refractivity (Wildman–Crippen MR) is 116 cm³/mol. The molecule has 31 heavy (non-hydrogen) atoms. The standard InChI is InChI=1S/C24H32F3N3O/c1-23(2)17-8-7-16(21(23)14-17)15-30-11-9-20(10-12-30)29(3)22(31)28-19-6-4-5-18(13-19)24(25,26)27/h4-7,13,17,20-21H,8-12,14-15H2,1-3H3,(H,28,31)/t17-,21-/m0/s1. The summed E-state index contributed by atoms with van der Waals surface area (Å²) in [6.07, 6.45) is 2.29. The molecule has 0 aromatic heterocycles. The van der Waals surface area contributed by atoms with Gasteiger partial charge in [-0.3, -0.25) is 4.90 Å². The molecule has 2 amide bonds. The van der Waals surface area contributed by atoms with E-state index in [2.05, 4.69) is 30.1 Å². The average molecular weight is 436 g/mol. The van der Waals surface area contributed by atoms with Crippen molar-refractivity contribution < 1.29 is 18.0 Å². The van der Waals surface area contributed by atoms with E-state index < -0.39 is 11.7 Å². The fraction of sp³-hybridized carbons (Fsp3) is 0.625. The Kier molecular flexibility index (Phi) is 5.83. The number of hydrogen-bond acceptors (Lipinski definition) is 2. The van der Waals surface area contributed by atoms with Crippen LogP contribution in [0.15, 0.2) is 35.9 Å². The molecule has 5 rings (SSSR count). The summed E-state index contributed by atoms with van der Waals surface area (Å²) in [5.41, 5.74) is 1.42. The number of anilines is 1. The Balaban J connectivity index is 1.28. The van der Waals surface area contributed by atoms with E-state index in [0.29, 0.717) is 11.3 Å². The van der Waals surface area contributed by atoms with Gasteiger partial charge in [-0.2, -0.15) is 13.2 Å². The Morgan fingerprint density at radius 1 is 1.26 bits per heavy atom. The average Bonchev–Trinajstić information content (AvgIpc) is 2.73. The van der Waals surface area contributed by atoms with Crippen LogP contribution in [0.3, 0.4) is 0 Å². The van der Waals surface area contributed by atoms with Gasteiger partial charge in [-0.15, -0.1) is 0 Å². The van der Waals surface area contributed by atoms with Crippen molar-refractivity contribution in [3.63, 3.8) is 0 Å². The SMILES string of the molecule is CN(C(=O)Nc1cccc(C(F)(F)F)c1)C1CCN(CC2=CC[C@H]3C[C@@H]2C3(C)C)CC1. The van der Waals surface area contributed by atoms with Crippen molar-refractivity contribution in [2.24, 2.45) is 17.3 Å². The molecule has 4 nitrogen and oxygen atoms in total. The number of urea groups is 1. The number of allylic oxidation sites excluding steroid dienone is 1. The summed E-state index contributed by atoms with van der Waals surface area (Å²) in [5, 5.41) is 2.61. The maximum absolute atomic E-state index is 12.9.